The summed E-state index contributed by atoms with van der Waals surface area (Å²) in [6, 6.07) is -0.591. The van der Waals surface area contributed by atoms with Crippen molar-refractivity contribution in [2.45, 2.75) is 39.2 Å². The molecule has 0 bridgehead atoms. The molecule has 1 unspecified atom stereocenters. The van der Waals surface area contributed by atoms with Gasteiger partial charge in [-0.25, -0.2) is 8.42 Å². The van der Waals surface area contributed by atoms with Gasteiger partial charge in [0.05, 0.1) is 5.75 Å². The van der Waals surface area contributed by atoms with E-state index in [2.05, 4.69) is 11.4 Å². The molecule has 0 aromatic heterocycles. The van der Waals surface area contributed by atoms with Gasteiger partial charge in [-0.3, -0.25) is 4.79 Å². The van der Waals surface area contributed by atoms with Gasteiger partial charge in [0, 0.05) is 18.1 Å². The second-order valence-electron chi connectivity index (χ2n) is 5.35. The second-order valence-corrected chi connectivity index (χ2v) is 7.85. The number of carbonyl (C=O) groups excluding carboxylic acids is 1. The molecule has 5 nitrogen and oxygen atoms in total. The highest BCUT2D eigenvalue weighted by Crippen LogP contribution is 2.27. The zero-order valence-electron chi connectivity index (χ0n) is 12.4. The highest BCUT2D eigenvalue weighted by molar-refractivity contribution is 7.89. The maximum atomic E-state index is 12.3. The fraction of sp³-hybridized carbons (Fsp3) is 0.643. The predicted molar refractivity (Wildman–Crippen MR) is 83.5 cm³/mol. The minimum atomic E-state index is -3.27. The minimum Gasteiger partial charge on any atom is -0.351 e. The van der Waals surface area contributed by atoms with Crippen molar-refractivity contribution in [2.24, 2.45) is 0 Å². The lowest BCUT2D eigenvalue weighted by Gasteiger charge is -2.22. The summed E-state index contributed by atoms with van der Waals surface area (Å²) in [6.45, 7) is 4.40. The third kappa shape index (κ3) is 3.49. The summed E-state index contributed by atoms with van der Waals surface area (Å²) in [7, 11) is -3.27. The second kappa shape index (κ2) is 6.50. The van der Waals surface area contributed by atoms with Gasteiger partial charge in [0.2, 0.25) is 15.9 Å². The van der Waals surface area contributed by atoms with E-state index in [1.807, 2.05) is 6.92 Å². The molecular weight excluding hydrogens is 312 g/mol. The third-order valence-corrected chi connectivity index (χ3v) is 6.42. The number of nitrogens with one attached hydrogen (secondary N) is 1. The molecule has 0 radical (unpaired) electrons. The largest absolute Gasteiger partial charge is 0.351 e. The van der Waals surface area contributed by atoms with Crippen molar-refractivity contribution in [2.75, 3.05) is 18.8 Å². The van der Waals surface area contributed by atoms with Crippen LogP contribution < -0.4 is 5.32 Å². The van der Waals surface area contributed by atoms with Crippen LogP contribution in [0.3, 0.4) is 0 Å². The smallest absolute Gasteiger partial charge is 0.238 e. The fourth-order valence-electron chi connectivity index (χ4n) is 2.83. The minimum absolute atomic E-state index is 0.0430. The van der Waals surface area contributed by atoms with E-state index in [1.54, 1.807) is 6.92 Å². The van der Waals surface area contributed by atoms with Crippen LogP contribution in [0.15, 0.2) is 22.3 Å². The Morgan fingerprint density at radius 2 is 2.24 bits per heavy atom. The molecule has 1 aliphatic carbocycles. The van der Waals surface area contributed by atoms with Crippen molar-refractivity contribution in [1.29, 1.82) is 0 Å². The predicted octanol–water partition coefficient (Wildman–Crippen LogP) is 1.76. The summed E-state index contributed by atoms with van der Waals surface area (Å²) >= 11 is 6.20. The number of hydrogen-bond donors (Lipinski definition) is 1. The van der Waals surface area contributed by atoms with E-state index in [1.165, 1.54) is 4.31 Å². The number of hydrogen-bond acceptors (Lipinski definition) is 3. The van der Waals surface area contributed by atoms with Crippen molar-refractivity contribution in [3.63, 3.8) is 0 Å². The van der Waals surface area contributed by atoms with Crippen molar-refractivity contribution >= 4 is 27.5 Å². The number of nitrogens with zero attached hydrogens (tertiary/aromatic N) is 1. The van der Waals surface area contributed by atoms with Gasteiger partial charge in [-0.05, 0) is 37.3 Å². The summed E-state index contributed by atoms with van der Waals surface area (Å²) < 4.78 is 24.9. The van der Waals surface area contributed by atoms with E-state index in [4.69, 9.17) is 11.6 Å². The zero-order valence-corrected chi connectivity index (χ0v) is 13.9. The molecule has 2 rings (SSSR count). The van der Waals surface area contributed by atoms with E-state index < -0.39 is 16.1 Å². The number of rotatable bonds is 4. The summed E-state index contributed by atoms with van der Waals surface area (Å²) in [6.07, 6.45) is 4.17. The maximum absolute atomic E-state index is 12.3. The number of amides is 1. The summed E-state index contributed by atoms with van der Waals surface area (Å²) in [4.78, 5) is 12.3. The van der Waals surface area contributed by atoms with Crippen molar-refractivity contribution in [3.8, 4) is 0 Å². The van der Waals surface area contributed by atoms with E-state index >= 15 is 0 Å². The molecule has 1 saturated heterocycles. The molecule has 0 aromatic carbocycles. The first-order valence-electron chi connectivity index (χ1n) is 7.18. The SMILES string of the molecule is CCN1C(C(=O)NCC2=C(Cl)CCC=C2C)CCS1(=O)=O. The Morgan fingerprint density at radius 1 is 1.52 bits per heavy atom. The monoisotopic (exact) mass is 332 g/mol. The molecular formula is C14H21ClN2O3S. The molecule has 1 atom stereocenters. The van der Waals surface area contributed by atoms with Crippen LogP contribution in [0.5, 0.6) is 0 Å². The van der Waals surface area contributed by atoms with Crippen LogP contribution in [0.25, 0.3) is 0 Å². The fourth-order valence-corrected chi connectivity index (χ4v) is 4.89. The van der Waals surface area contributed by atoms with E-state index in [9.17, 15) is 13.2 Å². The molecule has 1 N–H and O–H groups in total. The molecule has 21 heavy (non-hydrogen) atoms. The van der Waals surface area contributed by atoms with Crippen LogP contribution in [-0.2, 0) is 14.8 Å². The van der Waals surface area contributed by atoms with Gasteiger partial charge in [-0.15, -0.1) is 0 Å². The highest BCUT2D eigenvalue weighted by atomic mass is 35.5. The van der Waals surface area contributed by atoms with E-state index in [-0.39, 0.29) is 11.7 Å². The maximum Gasteiger partial charge on any atom is 0.238 e. The molecule has 1 aliphatic heterocycles. The Hall–Kier alpha value is -0.850. The molecule has 118 valence electrons. The van der Waals surface area contributed by atoms with Crippen LogP contribution in [0, 0.1) is 0 Å². The Labute approximate surface area is 131 Å². The number of carbonyl (C=O) groups is 1. The Balaban J connectivity index is 2.01. The highest BCUT2D eigenvalue weighted by Gasteiger charge is 2.40. The Morgan fingerprint density at radius 3 is 2.86 bits per heavy atom. The first-order chi connectivity index (χ1) is 9.86. The molecule has 0 aromatic rings. The van der Waals surface area contributed by atoms with Crippen LogP contribution in [-0.4, -0.2) is 43.5 Å². The molecule has 2 aliphatic rings. The summed E-state index contributed by atoms with van der Waals surface area (Å²) in [5.74, 6) is -0.199. The van der Waals surface area contributed by atoms with Crippen molar-refractivity contribution < 1.29 is 13.2 Å². The van der Waals surface area contributed by atoms with Gasteiger partial charge in [-0.2, -0.15) is 4.31 Å². The molecule has 7 heteroatoms. The van der Waals surface area contributed by atoms with Gasteiger partial charge in [0.1, 0.15) is 6.04 Å². The molecule has 1 fully saturated rings. The van der Waals surface area contributed by atoms with Crippen LogP contribution >= 0.6 is 11.6 Å². The lowest BCUT2D eigenvalue weighted by atomic mass is 9.99. The average molecular weight is 333 g/mol. The molecule has 0 spiro atoms. The summed E-state index contributed by atoms with van der Waals surface area (Å²) in [5.41, 5.74) is 2.03. The third-order valence-electron chi connectivity index (χ3n) is 4.03. The van der Waals surface area contributed by atoms with Gasteiger partial charge >= 0.3 is 0 Å². The first-order valence-corrected chi connectivity index (χ1v) is 9.17. The number of allylic oxidation sites excluding steroid dienone is 2. The van der Waals surface area contributed by atoms with E-state index in [0.717, 1.165) is 29.0 Å². The van der Waals surface area contributed by atoms with Crippen molar-refractivity contribution in [1.82, 2.24) is 9.62 Å². The van der Waals surface area contributed by atoms with Gasteiger partial charge in [0.15, 0.2) is 0 Å². The Bertz CT molecular complexity index is 595. The number of halogens is 1. The van der Waals surface area contributed by atoms with E-state index in [0.29, 0.717) is 19.5 Å². The molecule has 0 saturated carbocycles. The zero-order chi connectivity index (χ0) is 15.6. The Kier molecular flexibility index (Phi) is 5.11. The lowest BCUT2D eigenvalue weighted by Crippen LogP contribution is -2.45. The normalized spacial score (nSPS) is 25.9. The molecule has 1 heterocycles. The quantitative estimate of drug-likeness (QED) is 0.853. The average Bonchev–Trinajstić information content (AvgIpc) is 2.72. The van der Waals surface area contributed by atoms with Crippen LogP contribution in [0.1, 0.15) is 33.1 Å². The van der Waals surface area contributed by atoms with Crippen LogP contribution in [0.2, 0.25) is 0 Å². The van der Waals surface area contributed by atoms with Gasteiger partial charge < -0.3 is 5.32 Å². The summed E-state index contributed by atoms with van der Waals surface area (Å²) in [5, 5.41) is 3.61. The lowest BCUT2D eigenvalue weighted by molar-refractivity contribution is -0.124. The number of sulfonamides is 1. The topological polar surface area (TPSA) is 66.5 Å². The van der Waals surface area contributed by atoms with Gasteiger partial charge in [-0.1, -0.05) is 24.6 Å². The molecule has 1 amide bonds. The van der Waals surface area contributed by atoms with Crippen molar-refractivity contribution in [3.05, 3.63) is 22.3 Å². The van der Waals surface area contributed by atoms with Gasteiger partial charge in [0.25, 0.3) is 0 Å². The standard InChI is InChI=1S/C14H21ClN2O3S/c1-3-17-13(7-8-21(17,19)20)14(18)16-9-11-10(2)5-4-6-12(11)15/h5,13H,3-4,6-9H2,1-2H3,(H,16,18). The van der Waals surface area contributed by atoms with Crippen LogP contribution in [0.4, 0.5) is 0 Å². The first kappa shape index (κ1) is 16.5. The number of likely N-dealkylation sites (N-methyl/N-ethyl adjacent to an activating group) is 1.